The van der Waals surface area contributed by atoms with Crippen molar-refractivity contribution in [3.8, 4) is 0 Å². The Morgan fingerprint density at radius 1 is 1.56 bits per heavy atom. The number of hydrogen-bond acceptors (Lipinski definition) is 0. The number of halogens is 2. The highest BCUT2D eigenvalue weighted by Gasteiger charge is 2.07. The quantitative estimate of drug-likeness (QED) is 0.518. The molecule has 0 aromatic heterocycles. The largest absolute Gasteiger partial charge is 0.251 e. The molecule has 1 atom stereocenters. The van der Waals surface area contributed by atoms with Crippen LogP contribution >= 0.6 is 0 Å². The van der Waals surface area contributed by atoms with Gasteiger partial charge in [0.1, 0.15) is 0 Å². The Morgan fingerprint density at radius 2 is 2.11 bits per heavy atom. The van der Waals surface area contributed by atoms with E-state index in [-0.39, 0.29) is 12.3 Å². The van der Waals surface area contributed by atoms with Crippen molar-refractivity contribution in [1.82, 2.24) is 0 Å². The van der Waals surface area contributed by atoms with Gasteiger partial charge in [0.2, 0.25) is 0 Å². The van der Waals surface area contributed by atoms with Crippen molar-refractivity contribution in [3.63, 3.8) is 0 Å². The van der Waals surface area contributed by atoms with Crippen LogP contribution in [0.25, 0.3) is 0 Å². The average Bonchev–Trinajstić information content (AvgIpc) is 1.82. The third-order valence-corrected chi connectivity index (χ3v) is 1.34. The third-order valence-electron chi connectivity index (χ3n) is 1.34. The van der Waals surface area contributed by atoms with E-state index >= 15 is 0 Å². The van der Waals surface area contributed by atoms with Crippen molar-refractivity contribution < 1.29 is 8.78 Å². The summed E-state index contributed by atoms with van der Waals surface area (Å²) in [4.78, 5) is 0. The van der Waals surface area contributed by atoms with Gasteiger partial charge in [0, 0.05) is 5.92 Å². The molecule has 1 unspecified atom stereocenters. The third kappa shape index (κ3) is 3.22. The SMILES string of the molecule is C=C(C)C(CF)CCF. The van der Waals surface area contributed by atoms with Crippen molar-refractivity contribution in [2.45, 2.75) is 13.3 Å². The molecule has 2 heteroatoms. The monoisotopic (exact) mass is 134 g/mol. The Bertz CT molecular complexity index is 88.9. The lowest BCUT2D eigenvalue weighted by molar-refractivity contribution is 0.342. The molecule has 0 aromatic carbocycles. The number of rotatable bonds is 4. The molecule has 9 heavy (non-hydrogen) atoms. The Kier molecular flexibility index (Phi) is 4.28. The number of alkyl halides is 2. The molecule has 0 heterocycles. The van der Waals surface area contributed by atoms with E-state index < -0.39 is 13.3 Å². The summed E-state index contributed by atoms with van der Waals surface area (Å²) in [6, 6.07) is 0. The fourth-order valence-electron chi connectivity index (χ4n) is 0.587. The second-order valence-corrected chi connectivity index (χ2v) is 2.18. The smallest absolute Gasteiger partial charge is 0.0960 e. The molecule has 0 amide bonds. The summed E-state index contributed by atoms with van der Waals surface area (Å²) < 4.78 is 23.5. The summed E-state index contributed by atoms with van der Waals surface area (Å²) in [7, 11) is 0. The van der Waals surface area contributed by atoms with Crippen LogP contribution in [0.5, 0.6) is 0 Å². The Balaban J connectivity index is 3.54. The molecule has 0 saturated heterocycles. The summed E-state index contributed by atoms with van der Waals surface area (Å²) in [5.74, 6) is -0.269. The summed E-state index contributed by atoms with van der Waals surface area (Å²) in [5, 5.41) is 0. The molecule has 0 N–H and O–H groups in total. The normalized spacial score (nSPS) is 13.2. The van der Waals surface area contributed by atoms with Gasteiger partial charge in [-0.25, -0.2) is 0 Å². The van der Waals surface area contributed by atoms with Gasteiger partial charge < -0.3 is 0 Å². The summed E-state index contributed by atoms with van der Waals surface area (Å²) in [6.07, 6.45) is 0.270. The van der Waals surface area contributed by atoms with Crippen LogP contribution in [0.3, 0.4) is 0 Å². The van der Waals surface area contributed by atoms with Crippen molar-refractivity contribution in [2.75, 3.05) is 13.3 Å². The highest BCUT2D eigenvalue weighted by Crippen LogP contribution is 2.12. The van der Waals surface area contributed by atoms with Crippen LogP contribution in [0.1, 0.15) is 13.3 Å². The van der Waals surface area contributed by atoms with E-state index in [0.29, 0.717) is 0 Å². The van der Waals surface area contributed by atoms with E-state index in [1.165, 1.54) is 0 Å². The minimum absolute atomic E-state index is 0.269. The van der Waals surface area contributed by atoms with Gasteiger partial charge in [0.05, 0.1) is 13.3 Å². The summed E-state index contributed by atoms with van der Waals surface area (Å²) in [6.45, 7) is 4.32. The van der Waals surface area contributed by atoms with Crippen LogP contribution in [0.2, 0.25) is 0 Å². The topological polar surface area (TPSA) is 0 Å². The molecule has 0 bridgehead atoms. The summed E-state index contributed by atoms with van der Waals surface area (Å²) in [5.41, 5.74) is 0.732. The molecule has 0 aromatic rings. The molecule has 0 aliphatic carbocycles. The fraction of sp³-hybridized carbons (Fsp3) is 0.714. The molecule has 0 fully saturated rings. The maximum atomic E-state index is 11.9. The van der Waals surface area contributed by atoms with Crippen LogP contribution in [-0.4, -0.2) is 13.3 Å². The van der Waals surface area contributed by atoms with Crippen molar-refractivity contribution >= 4 is 0 Å². The lowest BCUT2D eigenvalue weighted by atomic mass is 10.0. The minimum atomic E-state index is -0.487. The van der Waals surface area contributed by atoms with Crippen molar-refractivity contribution in [2.24, 2.45) is 5.92 Å². The van der Waals surface area contributed by atoms with E-state index in [1.807, 2.05) is 0 Å². The zero-order valence-corrected chi connectivity index (χ0v) is 5.66. The van der Waals surface area contributed by atoms with E-state index in [0.717, 1.165) is 5.57 Å². The maximum absolute atomic E-state index is 11.9. The molecule has 0 spiro atoms. The molecule has 0 aliphatic rings. The van der Waals surface area contributed by atoms with Crippen LogP contribution < -0.4 is 0 Å². The molecular formula is C7H12F2. The van der Waals surface area contributed by atoms with Crippen LogP contribution in [0, 0.1) is 5.92 Å². The maximum Gasteiger partial charge on any atom is 0.0960 e. The van der Waals surface area contributed by atoms with E-state index in [2.05, 4.69) is 6.58 Å². The van der Waals surface area contributed by atoms with Gasteiger partial charge >= 0.3 is 0 Å². The number of hydrogen-bond donors (Lipinski definition) is 0. The van der Waals surface area contributed by atoms with E-state index in [1.54, 1.807) is 6.92 Å². The summed E-state index contributed by atoms with van der Waals surface area (Å²) >= 11 is 0. The van der Waals surface area contributed by atoms with E-state index in [9.17, 15) is 8.78 Å². The van der Waals surface area contributed by atoms with Crippen LogP contribution in [-0.2, 0) is 0 Å². The highest BCUT2D eigenvalue weighted by atomic mass is 19.1. The predicted molar refractivity (Wildman–Crippen MR) is 34.9 cm³/mol. The first-order valence-corrected chi connectivity index (χ1v) is 2.99. The Hall–Kier alpha value is -0.400. The van der Waals surface area contributed by atoms with Gasteiger partial charge in [0.25, 0.3) is 0 Å². The molecule has 0 radical (unpaired) electrons. The van der Waals surface area contributed by atoms with Gasteiger partial charge in [-0.1, -0.05) is 12.2 Å². The minimum Gasteiger partial charge on any atom is -0.251 e. The molecule has 0 nitrogen and oxygen atoms in total. The van der Waals surface area contributed by atoms with Crippen molar-refractivity contribution in [3.05, 3.63) is 12.2 Å². The van der Waals surface area contributed by atoms with Gasteiger partial charge in [0.15, 0.2) is 0 Å². The lowest BCUT2D eigenvalue weighted by Crippen LogP contribution is -2.04. The van der Waals surface area contributed by atoms with Crippen LogP contribution in [0.15, 0.2) is 12.2 Å². The van der Waals surface area contributed by atoms with Gasteiger partial charge in [-0.2, -0.15) is 0 Å². The molecule has 0 rings (SSSR count). The molecule has 54 valence electrons. The zero-order chi connectivity index (χ0) is 7.28. The van der Waals surface area contributed by atoms with Gasteiger partial charge in [-0.15, -0.1) is 0 Å². The fourth-order valence-corrected chi connectivity index (χ4v) is 0.587. The average molecular weight is 134 g/mol. The van der Waals surface area contributed by atoms with Gasteiger partial charge in [-0.05, 0) is 13.3 Å². The van der Waals surface area contributed by atoms with Crippen molar-refractivity contribution in [1.29, 1.82) is 0 Å². The second-order valence-electron chi connectivity index (χ2n) is 2.18. The lowest BCUT2D eigenvalue weighted by Gasteiger charge is -2.08. The first-order chi connectivity index (χ1) is 4.22. The first-order valence-electron chi connectivity index (χ1n) is 2.99. The second kappa shape index (κ2) is 4.48. The first kappa shape index (κ1) is 8.60. The molecular weight excluding hydrogens is 122 g/mol. The zero-order valence-electron chi connectivity index (χ0n) is 5.66. The standard InChI is InChI=1S/C7H12F2/c1-6(2)7(5-9)3-4-8/h7H,1,3-5H2,2H3. The predicted octanol–water partition coefficient (Wildman–Crippen LogP) is 2.51. The Labute approximate surface area is 54.6 Å². The van der Waals surface area contributed by atoms with Gasteiger partial charge in [-0.3, -0.25) is 8.78 Å². The Morgan fingerprint density at radius 3 is 2.22 bits per heavy atom. The van der Waals surface area contributed by atoms with E-state index in [4.69, 9.17) is 0 Å². The van der Waals surface area contributed by atoms with Crippen LogP contribution in [0.4, 0.5) is 8.78 Å². The molecule has 0 aliphatic heterocycles. The molecule has 0 saturated carbocycles. The number of allylic oxidation sites excluding steroid dienone is 1. The highest BCUT2D eigenvalue weighted by molar-refractivity contribution is 4.95.